The summed E-state index contributed by atoms with van der Waals surface area (Å²) in [5.74, 6) is -0.568. The number of carbonyl (C=O) groups is 3. The molecular weight excluding hydrogens is 328 g/mol. The molecule has 8 heteroatoms. The van der Waals surface area contributed by atoms with Crippen LogP contribution in [0.15, 0.2) is 0 Å². The van der Waals surface area contributed by atoms with Crippen LogP contribution in [0.4, 0.5) is 9.59 Å². The fourth-order valence-electron chi connectivity index (χ4n) is 2.32. The number of hydrogen-bond donors (Lipinski definition) is 0. The highest BCUT2D eigenvalue weighted by Crippen LogP contribution is 2.24. The van der Waals surface area contributed by atoms with Gasteiger partial charge in [-0.15, -0.1) is 0 Å². The third-order valence-electron chi connectivity index (χ3n) is 3.15. The zero-order valence-corrected chi connectivity index (χ0v) is 16.2. The van der Waals surface area contributed by atoms with Crippen molar-refractivity contribution in [3.8, 4) is 0 Å². The van der Waals surface area contributed by atoms with E-state index in [9.17, 15) is 14.4 Å². The Bertz CT molecular complexity index is 506. The fourth-order valence-corrected chi connectivity index (χ4v) is 2.32. The Morgan fingerprint density at radius 3 is 1.96 bits per heavy atom. The largest absolute Gasteiger partial charge is 0.464 e. The topological polar surface area (TPSA) is 85.4 Å². The molecule has 1 aliphatic heterocycles. The molecule has 1 aliphatic rings. The highest BCUT2D eigenvalue weighted by Gasteiger charge is 2.43. The molecule has 2 amide bonds. The van der Waals surface area contributed by atoms with Crippen LogP contribution >= 0.6 is 0 Å². The molecule has 1 rings (SSSR count). The number of esters is 1. The minimum Gasteiger partial charge on any atom is -0.464 e. The minimum atomic E-state index is -0.920. The lowest BCUT2D eigenvalue weighted by Crippen LogP contribution is -2.61. The van der Waals surface area contributed by atoms with Crippen LogP contribution in [0.25, 0.3) is 0 Å². The van der Waals surface area contributed by atoms with Gasteiger partial charge in [-0.25, -0.2) is 19.4 Å². The van der Waals surface area contributed by atoms with Gasteiger partial charge >= 0.3 is 18.2 Å². The smallest absolute Gasteiger partial charge is 0.430 e. The van der Waals surface area contributed by atoms with Crippen LogP contribution < -0.4 is 0 Å². The van der Waals surface area contributed by atoms with Crippen LogP contribution in [0.5, 0.6) is 0 Å². The molecule has 0 aromatic rings. The molecule has 1 heterocycles. The molecule has 0 spiro atoms. The summed E-state index contributed by atoms with van der Waals surface area (Å²) in [4.78, 5) is 37.5. The second-order valence-electron chi connectivity index (χ2n) is 7.84. The average molecular weight is 358 g/mol. The summed E-state index contributed by atoms with van der Waals surface area (Å²) in [7, 11) is 0. The zero-order valence-electron chi connectivity index (χ0n) is 16.2. The number of amides is 2. The van der Waals surface area contributed by atoms with Crippen LogP contribution in [0.2, 0.25) is 0 Å². The van der Waals surface area contributed by atoms with Crippen molar-refractivity contribution < 1.29 is 28.6 Å². The summed E-state index contributed by atoms with van der Waals surface area (Å²) in [5, 5.41) is 2.16. The van der Waals surface area contributed by atoms with E-state index in [-0.39, 0.29) is 13.2 Å². The van der Waals surface area contributed by atoms with E-state index in [1.165, 1.54) is 0 Å². The summed E-state index contributed by atoms with van der Waals surface area (Å²) < 4.78 is 15.8. The molecule has 1 fully saturated rings. The Labute approximate surface area is 149 Å². The molecule has 0 aliphatic carbocycles. The molecule has 0 aromatic carbocycles. The first-order valence-corrected chi connectivity index (χ1v) is 8.55. The second-order valence-corrected chi connectivity index (χ2v) is 7.84. The van der Waals surface area contributed by atoms with E-state index in [4.69, 9.17) is 14.2 Å². The van der Waals surface area contributed by atoms with Crippen LogP contribution in [-0.4, -0.2) is 58.6 Å². The summed E-state index contributed by atoms with van der Waals surface area (Å²) in [6, 6.07) is -0.920. The van der Waals surface area contributed by atoms with Crippen molar-refractivity contribution in [3.05, 3.63) is 0 Å². The van der Waals surface area contributed by atoms with Gasteiger partial charge in [-0.1, -0.05) is 0 Å². The lowest BCUT2D eigenvalue weighted by molar-refractivity contribution is -0.161. The monoisotopic (exact) mass is 358 g/mol. The van der Waals surface area contributed by atoms with E-state index in [1.807, 2.05) is 0 Å². The first-order chi connectivity index (χ1) is 11.4. The molecule has 8 nitrogen and oxygen atoms in total. The number of hydrogen-bond acceptors (Lipinski definition) is 6. The van der Waals surface area contributed by atoms with Gasteiger partial charge in [0.15, 0.2) is 6.04 Å². The number of hydrazine groups is 1. The molecule has 0 N–H and O–H groups in total. The maximum Gasteiger partial charge on any atom is 0.430 e. The van der Waals surface area contributed by atoms with Crippen molar-refractivity contribution in [3.63, 3.8) is 0 Å². The van der Waals surface area contributed by atoms with Crippen LogP contribution in [0.3, 0.4) is 0 Å². The van der Waals surface area contributed by atoms with Gasteiger partial charge in [-0.3, -0.25) is 0 Å². The fraction of sp³-hybridized carbons (Fsp3) is 0.824. The molecule has 1 saturated heterocycles. The minimum absolute atomic E-state index is 0.184. The van der Waals surface area contributed by atoms with E-state index >= 15 is 0 Å². The van der Waals surface area contributed by atoms with E-state index in [0.29, 0.717) is 12.8 Å². The van der Waals surface area contributed by atoms with Crippen LogP contribution in [0.1, 0.15) is 61.3 Å². The van der Waals surface area contributed by atoms with Gasteiger partial charge in [0.1, 0.15) is 11.2 Å². The van der Waals surface area contributed by atoms with Crippen molar-refractivity contribution in [2.75, 3.05) is 13.2 Å². The highest BCUT2D eigenvalue weighted by atomic mass is 16.6. The molecule has 0 unspecified atom stereocenters. The molecule has 144 valence electrons. The summed E-state index contributed by atoms with van der Waals surface area (Å²) in [5.41, 5.74) is -1.50. The van der Waals surface area contributed by atoms with Gasteiger partial charge in [0.25, 0.3) is 0 Å². The van der Waals surface area contributed by atoms with Crippen LogP contribution in [0, 0.1) is 0 Å². The zero-order chi connectivity index (χ0) is 19.4. The van der Waals surface area contributed by atoms with Gasteiger partial charge in [0.2, 0.25) is 0 Å². The standard InChI is InChI=1S/C17H30N2O6/c1-8-23-13(20)12-10-9-11-18(14(21)24-16(2,3)4)19(12)15(22)25-17(5,6)7/h12H,8-11H2,1-7H3/t12-/m0/s1. The normalized spacial score (nSPS) is 18.6. The number of carbonyl (C=O) groups excluding carboxylic acids is 3. The quantitative estimate of drug-likeness (QED) is 0.557. The predicted octanol–water partition coefficient (Wildman–Crippen LogP) is 3.10. The van der Waals surface area contributed by atoms with E-state index in [2.05, 4.69) is 0 Å². The van der Waals surface area contributed by atoms with Gasteiger partial charge in [0.05, 0.1) is 6.61 Å². The lowest BCUT2D eigenvalue weighted by atomic mass is 10.1. The number of ether oxygens (including phenoxy) is 3. The Morgan fingerprint density at radius 2 is 1.48 bits per heavy atom. The SMILES string of the molecule is CCOC(=O)[C@@H]1CCCN(C(=O)OC(C)(C)C)N1C(=O)OC(C)(C)C. The Balaban J connectivity index is 3.12. The van der Waals surface area contributed by atoms with Crippen LogP contribution in [-0.2, 0) is 19.0 Å². The van der Waals surface area contributed by atoms with Crippen molar-refractivity contribution in [2.24, 2.45) is 0 Å². The lowest BCUT2D eigenvalue weighted by Gasteiger charge is -2.42. The van der Waals surface area contributed by atoms with Gasteiger partial charge in [0, 0.05) is 6.54 Å². The molecule has 0 aromatic heterocycles. The van der Waals surface area contributed by atoms with Gasteiger partial charge < -0.3 is 14.2 Å². The summed E-state index contributed by atoms with van der Waals surface area (Å²) in [6.07, 6.45) is -0.553. The molecule has 25 heavy (non-hydrogen) atoms. The second kappa shape index (κ2) is 7.93. The Kier molecular flexibility index (Phi) is 6.68. The van der Waals surface area contributed by atoms with Gasteiger partial charge in [-0.05, 0) is 61.3 Å². The van der Waals surface area contributed by atoms with E-state index in [0.717, 1.165) is 10.0 Å². The van der Waals surface area contributed by atoms with Crippen molar-refractivity contribution >= 4 is 18.2 Å². The first-order valence-electron chi connectivity index (χ1n) is 8.55. The predicted molar refractivity (Wildman–Crippen MR) is 90.7 cm³/mol. The number of rotatable bonds is 2. The molecule has 1 atom stereocenters. The Hall–Kier alpha value is -1.99. The van der Waals surface area contributed by atoms with Crippen molar-refractivity contribution in [2.45, 2.75) is 78.6 Å². The number of nitrogens with zero attached hydrogens (tertiary/aromatic N) is 2. The van der Waals surface area contributed by atoms with Gasteiger partial charge in [-0.2, -0.15) is 5.01 Å². The molecule has 0 saturated carbocycles. The maximum absolute atomic E-state index is 12.7. The summed E-state index contributed by atoms with van der Waals surface area (Å²) in [6.45, 7) is 12.5. The molecule has 0 radical (unpaired) electrons. The average Bonchev–Trinajstić information content (AvgIpc) is 2.43. The Morgan fingerprint density at radius 1 is 0.960 bits per heavy atom. The summed E-state index contributed by atoms with van der Waals surface area (Å²) >= 11 is 0. The molecular formula is C17H30N2O6. The third-order valence-corrected chi connectivity index (χ3v) is 3.15. The van der Waals surface area contributed by atoms with E-state index < -0.39 is 35.4 Å². The van der Waals surface area contributed by atoms with E-state index in [1.54, 1.807) is 48.5 Å². The highest BCUT2D eigenvalue weighted by molar-refractivity contribution is 5.83. The third kappa shape index (κ3) is 6.43. The maximum atomic E-state index is 12.7. The first kappa shape index (κ1) is 21.1. The van der Waals surface area contributed by atoms with Crippen molar-refractivity contribution in [1.29, 1.82) is 0 Å². The van der Waals surface area contributed by atoms with Crippen molar-refractivity contribution in [1.82, 2.24) is 10.0 Å². The molecule has 0 bridgehead atoms.